The van der Waals surface area contributed by atoms with Gasteiger partial charge >= 0.3 is 5.69 Å². The fourth-order valence-corrected chi connectivity index (χ4v) is 3.25. The zero-order valence-corrected chi connectivity index (χ0v) is 14.4. The molecule has 1 aliphatic heterocycles. The zero-order chi connectivity index (χ0) is 17.1. The molecule has 0 amide bonds. The molecule has 3 N–H and O–H groups in total. The van der Waals surface area contributed by atoms with E-state index in [4.69, 9.17) is 11.6 Å². The van der Waals surface area contributed by atoms with Gasteiger partial charge in [0.2, 0.25) is 0 Å². The Hall–Kier alpha value is -2.05. The molecule has 2 aromatic rings. The normalized spacial score (nSPS) is 16.5. The highest BCUT2D eigenvalue weighted by molar-refractivity contribution is 6.31. The number of rotatable bonds is 5. The first-order valence-corrected chi connectivity index (χ1v) is 8.64. The molecule has 0 bridgehead atoms. The third-order valence-electron chi connectivity index (χ3n) is 4.40. The average Bonchev–Trinajstić information content (AvgIpc) is 2.58. The van der Waals surface area contributed by atoms with Gasteiger partial charge in [-0.15, -0.1) is 0 Å². The number of halogens is 1. The predicted molar refractivity (Wildman–Crippen MR) is 94.8 cm³/mol. The molecule has 1 unspecified atom stereocenters. The number of unbranched alkanes of at least 4 members (excludes halogenated alkanes) is 1. The third kappa shape index (κ3) is 3.39. The van der Waals surface area contributed by atoms with Crippen molar-refractivity contribution in [2.24, 2.45) is 0 Å². The highest BCUT2D eigenvalue weighted by Crippen LogP contribution is 2.18. The summed E-state index contributed by atoms with van der Waals surface area (Å²) in [6, 6.07) is 7.41. The maximum atomic E-state index is 12.3. The topological polar surface area (TPSA) is 71.3 Å². The predicted octanol–water partition coefficient (Wildman–Crippen LogP) is 0.806. The molecule has 0 fully saturated rings. The summed E-state index contributed by atoms with van der Waals surface area (Å²) in [4.78, 5) is 28.3. The van der Waals surface area contributed by atoms with Crippen molar-refractivity contribution >= 4 is 17.4 Å². The van der Waals surface area contributed by atoms with E-state index >= 15 is 0 Å². The van der Waals surface area contributed by atoms with Gasteiger partial charge in [-0.3, -0.25) is 14.3 Å². The number of quaternary nitrogens is 1. The van der Waals surface area contributed by atoms with Crippen LogP contribution in [0.15, 0.2) is 33.9 Å². The van der Waals surface area contributed by atoms with E-state index in [-0.39, 0.29) is 5.56 Å². The molecule has 1 aromatic heterocycles. The summed E-state index contributed by atoms with van der Waals surface area (Å²) in [5.74, 6) is 0.615. The summed E-state index contributed by atoms with van der Waals surface area (Å²) in [5, 5.41) is 3.88. The van der Waals surface area contributed by atoms with Crippen LogP contribution in [0.5, 0.6) is 0 Å². The lowest BCUT2D eigenvalue weighted by atomic mass is 10.2. The van der Waals surface area contributed by atoms with Crippen molar-refractivity contribution in [2.45, 2.75) is 32.9 Å². The minimum Gasteiger partial charge on any atom is -0.324 e. The summed E-state index contributed by atoms with van der Waals surface area (Å²) in [5.41, 5.74) is 0.770. The van der Waals surface area contributed by atoms with E-state index in [2.05, 4.69) is 17.2 Å². The SMILES string of the molecule is CCCC[NH+]1CNc2c(c(=O)[nH]c(=O)n2Cc2ccccc2Cl)C1. The van der Waals surface area contributed by atoms with Gasteiger partial charge in [0.15, 0.2) is 6.67 Å². The first-order chi connectivity index (χ1) is 11.6. The van der Waals surface area contributed by atoms with Gasteiger partial charge in [0.25, 0.3) is 5.56 Å². The van der Waals surface area contributed by atoms with Gasteiger partial charge in [-0.2, -0.15) is 0 Å². The van der Waals surface area contributed by atoms with Crippen molar-refractivity contribution < 1.29 is 4.90 Å². The summed E-state index contributed by atoms with van der Waals surface area (Å²) < 4.78 is 1.56. The van der Waals surface area contributed by atoms with Gasteiger partial charge in [0.05, 0.1) is 13.1 Å². The highest BCUT2D eigenvalue weighted by Gasteiger charge is 2.25. The van der Waals surface area contributed by atoms with Gasteiger partial charge in [0, 0.05) is 5.02 Å². The standard InChI is InChI=1S/C17H21ClN4O2/c1-2-3-8-21-10-13-15(19-11-21)22(17(24)20-16(13)23)9-12-6-4-5-7-14(12)18/h4-7,19H,2-3,8-11H2,1H3,(H,20,23,24)/p+1. The fraction of sp³-hybridized carbons (Fsp3) is 0.412. The molecule has 128 valence electrons. The van der Waals surface area contributed by atoms with Crippen LogP contribution in [0.2, 0.25) is 5.02 Å². The molecule has 0 radical (unpaired) electrons. The van der Waals surface area contributed by atoms with E-state index < -0.39 is 5.69 Å². The second kappa shape index (κ2) is 7.23. The number of nitrogens with one attached hydrogen (secondary N) is 3. The lowest BCUT2D eigenvalue weighted by Crippen LogP contribution is -3.12. The molecular formula is C17H22ClN4O2+. The number of hydrogen-bond acceptors (Lipinski definition) is 3. The van der Waals surface area contributed by atoms with Crippen LogP contribution in [-0.4, -0.2) is 22.8 Å². The van der Waals surface area contributed by atoms with Gasteiger partial charge < -0.3 is 10.2 Å². The van der Waals surface area contributed by atoms with Crippen molar-refractivity contribution in [3.05, 3.63) is 61.3 Å². The van der Waals surface area contributed by atoms with Crippen molar-refractivity contribution in [3.8, 4) is 0 Å². The molecule has 3 rings (SSSR count). The zero-order valence-electron chi connectivity index (χ0n) is 13.7. The Morgan fingerprint density at radius 1 is 1.29 bits per heavy atom. The number of anilines is 1. The van der Waals surface area contributed by atoms with Gasteiger partial charge in [-0.05, 0) is 18.1 Å². The Bertz CT molecular complexity index is 843. The van der Waals surface area contributed by atoms with Crippen LogP contribution >= 0.6 is 11.6 Å². The van der Waals surface area contributed by atoms with Crippen LogP contribution in [0, 0.1) is 0 Å². The van der Waals surface area contributed by atoms with Gasteiger partial charge in [-0.1, -0.05) is 43.1 Å². The first kappa shape index (κ1) is 16.8. The highest BCUT2D eigenvalue weighted by atomic mass is 35.5. The van der Waals surface area contributed by atoms with Crippen molar-refractivity contribution in [1.29, 1.82) is 0 Å². The minimum absolute atomic E-state index is 0.299. The van der Waals surface area contributed by atoms with E-state index in [0.29, 0.717) is 36.2 Å². The Labute approximate surface area is 145 Å². The van der Waals surface area contributed by atoms with E-state index in [1.807, 2.05) is 18.2 Å². The van der Waals surface area contributed by atoms with Crippen LogP contribution in [0.3, 0.4) is 0 Å². The smallest absolute Gasteiger partial charge is 0.324 e. The monoisotopic (exact) mass is 349 g/mol. The van der Waals surface area contributed by atoms with Crippen LogP contribution in [0.25, 0.3) is 0 Å². The summed E-state index contributed by atoms with van der Waals surface area (Å²) in [7, 11) is 0. The Balaban J connectivity index is 1.96. The van der Waals surface area contributed by atoms with Crippen molar-refractivity contribution in [1.82, 2.24) is 9.55 Å². The largest absolute Gasteiger partial charge is 0.330 e. The third-order valence-corrected chi connectivity index (χ3v) is 4.77. The number of nitrogens with zero attached hydrogens (tertiary/aromatic N) is 1. The van der Waals surface area contributed by atoms with Crippen LogP contribution in [0.4, 0.5) is 5.82 Å². The van der Waals surface area contributed by atoms with E-state index in [1.54, 1.807) is 10.6 Å². The molecule has 6 nitrogen and oxygen atoms in total. The maximum Gasteiger partial charge on any atom is 0.330 e. The number of aromatic amines is 1. The number of H-pyrrole nitrogens is 1. The van der Waals surface area contributed by atoms with Crippen LogP contribution < -0.4 is 21.5 Å². The molecule has 0 aliphatic carbocycles. The lowest BCUT2D eigenvalue weighted by molar-refractivity contribution is -0.912. The first-order valence-electron chi connectivity index (χ1n) is 8.27. The van der Waals surface area contributed by atoms with Crippen LogP contribution in [-0.2, 0) is 13.1 Å². The molecule has 1 aromatic carbocycles. The number of hydrogen-bond donors (Lipinski definition) is 3. The molecule has 0 spiro atoms. The second-order valence-electron chi connectivity index (χ2n) is 6.15. The summed E-state index contributed by atoms with van der Waals surface area (Å²) >= 11 is 6.21. The molecular weight excluding hydrogens is 328 g/mol. The van der Waals surface area contributed by atoms with Gasteiger partial charge in [0.1, 0.15) is 17.9 Å². The molecule has 1 aliphatic rings. The second-order valence-corrected chi connectivity index (χ2v) is 6.56. The van der Waals surface area contributed by atoms with Gasteiger partial charge in [-0.25, -0.2) is 4.79 Å². The Morgan fingerprint density at radius 3 is 2.83 bits per heavy atom. The summed E-state index contributed by atoms with van der Waals surface area (Å²) in [6.07, 6.45) is 2.24. The molecule has 24 heavy (non-hydrogen) atoms. The van der Waals surface area contributed by atoms with E-state index in [1.165, 1.54) is 4.90 Å². The van der Waals surface area contributed by atoms with Crippen LogP contribution in [0.1, 0.15) is 30.9 Å². The number of aromatic nitrogens is 2. The molecule has 7 heteroatoms. The molecule has 2 heterocycles. The van der Waals surface area contributed by atoms with E-state index in [0.717, 1.165) is 24.9 Å². The van der Waals surface area contributed by atoms with Crippen molar-refractivity contribution in [3.63, 3.8) is 0 Å². The molecule has 1 atom stereocenters. The molecule has 0 saturated heterocycles. The maximum absolute atomic E-state index is 12.3. The fourth-order valence-electron chi connectivity index (χ4n) is 3.05. The van der Waals surface area contributed by atoms with Crippen molar-refractivity contribution in [2.75, 3.05) is 18.5 Å². The average molecular weight is 350 g/mol. The van der Waals surface area contributed by atoms with E-state index in [9.17, 15) is 9.59 Å². The number of benzene rings is 1. The Kier molecular flexibility index (Phi) is 5.06. The molecule has 0 saturated carbocycles. The quantitative estimate of drug-likeness (QED) is 0.748. The minimum atomic E-state index is -0.414. The lowest BCUT2D eigenvalue weighted by Gasteiger charge is -2.28. The summed E-state index contributed by atoms with van der Waals surface area (Å²) in [6.45, 7) is 4.82. The Morgan fingerprint density at radius 2 is 2.08 bits per heavy atom. The number of fused-ring (bicyclic) bond motifs is 1.